The predicted octanol–water partition coefficient (Wildman–Crippen LogP) is 4.31. The minimum atomic E-state index is 0.827. The number of nitrogens with two attached hydrogens (primary N) is 1. The number of para-hydroxylation sites is 2. The minimum Gasteiger partial charge on any atom is -0.398 e. The average molecular weight is 279 g/mol. The molecule has 0 unspecified atom stereocenters. The molecule has 0 bridgehead atoms. The van der Waals surface area contributed by atoms with Crippen LogP contribution < -0.4 is 5.73 Å². The van der Waals surface area contributed by atoms with Crippen molar-refractivity contribution in [3.63, 3.8) is 0 Å². The van der Waals surface area contributed by atoms with Crippen molar-refractivity contribution in [1.82, 2.24) is 9.55 Å². The molecular weight excluding hydrogens is 258 g/mol. The van der Waals surface area contributed by atoms with Crippen LogP contribution in [-0.2, 0) is 6.54 Å². The van der Waals surface area contributed by atoms with Gasteiger partial charge in [0.05, 0.1) is 11.0 Å². The Balaban J connectivity index is 2.32. The fraction of sp³-hybridized carbons (Fsp3) is 0.278. The van der Waals surface area contributed by atoms with Crippen molar-refractivity contribution in [3.8, 4) is 11.4 Å². The average Bonchev–Trinajstić information content (AvgIpc) is 2.82. The zero-order chi connectivity index (χ0) is 15.0. The number of nitrogen functional groups attached to an aromatic ring is 1. The molecule has 2 N–H and O–H groups in total. The molecule has 21 heavy (non-hydrogen) atoms. The second-order valence-corrected chi connectivity index (χ2v) is 5.62. The summed E-state index contributed by atoms with van der Waals surface area (Å²) in [5.74, 6) is 0.974. The molecule has 3 nitrogen and oxygen atoms in total. The highest BCUT2D eigenvalue weighted by Gasteiger charge is 2.15. The maximum Gasteiger partial charge on any atom is 0.143 e. The molecule has 0 fully saturated rings. The SMILES string of the molecule is CCCn1c(-c2cc(C)cc(C)c2N)nc2ccccc21. The summed E-state index contributed by atoms with van der Waals surface area (Å²) in [6.07, 6.45) is 1.07. The summed E-state index contributed by atoms with van der Waals surface area (Å²) >= 11 is 0. The van der Waals surface area contributed by atoms with Crippen LogP contribution in [0.25, 0.3) is 22.4 Å². The number of fused-ring (bicyclic) bond motifs is 1. The Morgan fingerprint density at radius 3 is 2.67 bits per heavy atom. The standard InChI is InChI=1S/C18H21N3/c1-4-9-21-16-8-6-5-7-15(16)20-18(21)14-11-12(2)10-13(3)17(14)19/h5-8,10-11H,4,9,19H2,1-3H3. The van der Waals surface area contributed by atoms with Crippen LogP contribution in [0.2, 0.25) is 0 Å². The lowest BCUT2D eigenvalue weighted by atomic mass is 10.0. The first-order valence-corrected chi connectivity index (χ1v) is 7.44. The molecule has 0 radical (unpaired) electrons. The van der Waals surface area contributed by atoms with Crippen molar-refractivity contribution < 1.29 is 0 Å². The molecule has 2 aromatic carbocycles. The fourth-order valence-corrected chi connectivity index (χ4v) is 2.89. The zero-order valence-corrected chi connectivity index (χ0v) is 12.9. The minimum absolute atomic E-state index is 0.827. The van der Waals surface area contributed by atoms with Crippen molar-refractivity contribution >= 4 is 16.7 Å². The first kappa shape index (κ1) is 13.7. The van der Waals surface area contributed by atoms with E-state index in [1.165, 1.54) is 11.1 Å². The molecule has 3 rings (SSSR count). The number of rotatable bonds is 3. The Morgan fingerprint density at radius 1 is 1.14 bits per heavy atom. The van der Waals surface area contributed by atoms with Gasteiger partial charge in [-0.3, -0.25) is 0 Å². The molecule has 1 aromatic heterocycles. The van der Waals surface area contributed by atoms with Crippen LogP contribution in [0.5, 0.6) is 0 Å². The predicted molar refractivity (Wildman–Crippen MR) is 89.3 cm³/mol. The van der Waals surface area contributed by atoms with E-state index in [4.69, 9.17) is 10.7 Å². The number of hydrogen-bond acceptors (Lipinski definition) is 2. The fourth-order valence-electron chi connectivity index (χ4n) is 2.89. The van der Waals surface area contributed by atoms with Gasteiger partial charge in [0.2, 0.25) is 0 Å². The Labute approximate surface area is 125 Å². The van der Waals surface area contributed by atoms with Gasteiger partial charge in [0.25, 0.3) is 0 Å². The van der Waals surface area contributed by atoms with Gasteiger partial charge < -0.3 is 10.3 Å². The molecule has 0 amide bonds. The molecule has 0 saturated heterocycles. The Morgan fingerprint density at radius 2 is 1.90 bits per heavy atom. The summed E-state index contributed by atoms with van der Waals surface area (Å²) < 4.78 is 2.28. The first-order valence-electron chi connectivity index (χ1n) is 7.44. The van der Waals surface area contributed by atoms with E-state index < -0.39 is 0 Å². The normalized spacial score (nSPS) is 11.2. The second kappa shape index (κ2) is 5.24. The van der Waals surface area contributed by atoms with Gasteiger partial charge >= 0.3 is 0 Å². The molecule has 0 saturated carbocycles. The van der Waals surface area contributed by atoms with E-state index in [9.17, 15) is 0 Å². The van der Waals surface area contributed by atoms with Crippen LogP contribution in [-0.4, -0.2) is 9.55 Å². The van der Waals surface area contributed by atoms with E-state index in [1.807, 2.05) is 6.07 Å². The van der Waals surface area contributed by atoms with Crippen LogP contribution in [0.3, 0.4) is 0 Å². The molecule has 3 heteroatoms. The van der Waals surface area contributed by atoms with Gasteiger partial charge in [0, 0.05) is 17.8 Å². The van der Waals surface area contributed by atoms with Crippen molar-refractivity contribution in [2.75, 3.05) is 5.73 Å². The van der Waals surface area contributed by atoms with Crippen LogP contribution in [0, 0.1) is 13.8 Å². The summed E-state index contributed by atoms with van der Waals surface area (Å²) in [5, 5.41) is 0. The number of aryl methyl sites for hydroxylation is 3. The van der Waals surface area contributed by atoms with Gasteiger partial charge in [-0.15, -0.1) is 0 Å². The monoisotopic (exact) mass is 279 g/mol. The van der Waals surface area contributed by atoms with E-state index in [2.05, 4.69) is 55.7 Å². The van der Waals surface area contributed by atoms with Crippen molar-refractivity contribution in [1.29, 1.82) is 0 Å². The Bertz CT molecular complexity index is 800. The molecule has 1 heterocycles. The third kappa shape index (κ3) is 2.29. The lowest BCUT2D eigenvalue weighted by Crippen LogP contribution is -2.03. The maximum absolute atomic E-state index is 6.32. The third-order valence-electron chi connectivity index (χ3n) is 3.87. The summed E-state index contributed by atoms with van der Waals surface area (Å²) in [4.78, 5) is 4.83. The Kier molecular flexibility index (Phi) is 3.42. The largest absolute Gasteiger partial charge is 0.398 e. The topological polar surface area (TPSA) is 43.8 Å². The van der Waals surface area contributed by atoms with E-state index >= 15 is 0 Å². The Hall–Kier alpha value is -2.29. The van der Waals surface area contributed by atoms with Crippen molar-refractivity contribution in [2.45, 2.75) is 33.7 Å². The summed E-state index contributed by atoms with van der Waals surface area (Å²) in [6.45, 7) is 7.28. The highest BCUT2D eigenvalue weighted by molar-refractivity contribution is 5.84. The molecule has 0 atom stereocenters. The maximum atomic E-state index is 6.32. The summed E-state index contributed by atoms with van der Waals surface area (Å²) in [6, 6.07) is 12.5. The van der Waals surface area contributed by atoms with Gasteiger partial charge in [-0.2, -0.15) is 0 Å². The molecule has 0 spiro atoms. The number of anilines is 1. The number of aromatic nitrogens is 2. The molecule has 3 aromatic rings. The van der Waals surface area contributed by atoms with Gasteiger partial charge in [0.1, 0.15) is 5.82 Å². The lowest BCUT2D eigenvalue weighted by molar-refractivity contribution is 0.704. The highest BCUT2D eigenvalue weighted by atomic mass is 15.1. The van der Waals surface area contributed by atoms with Crippen LogP contribution in [0.15, 0.2) is 36.4 Å². The van der Waals surface area contributed by atoms with Gasteiger partial charge in [-0.1, -0.05) is 25.1 Å². The quantitative estimate of drug-likeness (QED) is 0.726. The smallest absolute Gasteiger partial charge is 0.143 e. The number of nitrogens with zero attached hydrogens (tertiary/aromatic N) is 2. The summed E-state index contributed by atoms with van der Waals surface area (Å²) in [7, 11) is 0. The molecular formula is C18H21N3. The van der Waals surface area contributed by atoms with E-state index in [1.54, 1.807) is 0 Å². The number of hydrogen-bond donors (Lipinski definition) is 1. The van der Waals surface area contributed by atoms with Crippen LogP contribution in [0.4, 0.5) is 5.69 Å². The second-order valence-electron chi connectivity index (χ2n) is 5.62. The molecule has 0 aliphatic rings. The molecule has 0 aliphatic heterocycles. The number of imidazole rings is 1. The van der Waals surface area contributed by atoms with E-state index in [0.717, 1.165) is 41.1 Å². The highest BCUT2D eigenvalue weighted by Crippen LogP contribution is 2.32. The molecule has 108 valence electrons. The molecule has 0 aliphatic carbocycles. The van der Waals surface area contributed by atoms with Crippen molar-refractivity contribution in [2.24, 2.45) is 0 Å². The number of benzene rings is 2. The zero-order valence-electron chi connectivity index (χ0n) is 12.9. The van der Waals surface area contributed by atoms with Crippen LogP contribution in [0.1, 0.15) is 24.5 Å². The van der Waals surface area contributed by atoms with E-state index in [-0.39, 0.29) is 0 Å². The third-order valence-corrected chi connectivity index (χ3v) is 3.87. The first-order chi connectivity index (χ1) is 10.1. The van der Waals surface area contributed by atoms with Crippen LogP contribution >= 0.6 is 0 Å². The van der Waals surface area contributed by atoms with Gasteiger partial charge in [-0.25, -0.2) is 4.98 Å². The van der Waals surface area contributed by atoms with E-state index in [0.29, 0.717) is 0 Å². The van der Waals surface area contributed by atoms with Gasteiger partial charge in [-0.05, 0) is 49.6 Å². The summed E-state index contributed by atoms with van der Waals surface area (Å²) in [5.41, 5.74) is 12.7. The van der Waals surface area contributed by atoms with Crippen molar-refractivity contribution in [3.05, 3.63) is 47.5 Å². The lowest BCUT2D eigenvalue weighted by Gasteiger charge is -2.12. The van der Waals surface area contributed by atoms with Gasteiger partial charge in [0.15, 0.2) is 0 Å².